The standard InChI is InChI=1S/C14H15ClN2O3/c15-7-3-4-8-16-12-5-1-2-6-13(12)17(14(16)19)9-10-20-11-18/h1-6,11H,7-10H2/b4-3+. The summed E-state index contributed by atoms with van der Waals surface area (Å²) in [6.07, 6.45) is 3.66. The van der Waals surface area contributed by atoms with Crippen LogP contribution in [-0.2, 0) is 22.6 Å². The lowest BCUT2D eigenvalue weighted by atomic mass is 10.3. The predicted molar refractivity (Wildman–Crippen MR) is 78.1 cm³/mol. The van der Waals surface area contributed by atoms with Crippen LogP contribution in [0.25, 0.3) is 11.0 Å². The Hall–Kier alpha value is -2.01. The fraction of sp³-hybridized carbons (Fsp3) is 0.286. The number of allylic oxidation sites excluding steroid dienone is 2. The molecular formula is C14H15ClN2O3. The van der Waals surface area contributed by atoms with E-state index in [0.29, 0.717) is 25.4 Å². The van der Waals surface area contributed by atoms with Crippen molar-refractivity contribution < 1.29 is 9.53 Å². The van der Waals surface area contributed by atoms with Crippen LogP contribution in [-0.4, -0.2) is 28.1 Å². The van der Waals surface area contributed by atoms with Crippen molar-refractivity contribution in [2.75, 3.05) is 12.5 Å². The number of fused-ring (bicyclic) bond motifs is 1. The van der Waals surface area contributed by atoms with Gasteiger partial charge in [-0.1, -0.05) is 24.3 Å². The van der Waals surface area contributed by atoms with Gasteiger partial charge in [-0.25, -0.2) is 4.79 Å². The van der Waals surface area contributed by atoms with Crippen molar-refractivity contribution in [2.24, 2.45) is 0 Å². The molecule has 0 amide bonds. The third-order valence-corrected chi connectivity index (χ3v) is 3.15. The molecule has 0 saturated carbocycles. The van der Waals surface area contributed by atoms with Crippen molar-refractivity contribution in [3.05, 3.63) is 46.9 Å². The molecule has 0 atom stereocenters. The lowest BCUT2D eigenvalue weighted by molar-refractivity contribution is -0.128. The van der Waals surface area contributed by atoms with Gasteiger partial charge in [-0.15, -0.1) is 11.6 Å². The minimum atomic E-state index is -0.125. The summed E-state index contributed by atoms with van der Waals surface area (Å²) in [7, 11) is 0. The molecule has 0 radical (unpaired) electrons. The quantitative estimate of drug-likeness (QED) is 0.338. The van der Waals surface area contributed by atoms with Gasteiger partial charge in [0, 0.05) is 12.4 Å². The van der Waals surface area contributed by atoms with Gasteiger partial charge in [0.15, 0.2) is 0 Å². The van der Waals surface area contributed by atoms with Crippen LogP contribution < -0.4 is 5.69 Å². The van der Waals surface area contributed by atoms with Gasteiger partial charge in [0.2, 0.25) is 0 Å². The smallest absolute Gasteiger partial charge is 0.329 e. The number of imidazole rings is 1. The second kappa shape index (κ2) is 6.96. The average molecular weight is 295 g/mol. The Morgan fingerprint density at radius 1 is 1.15 bits per heavy atom. The summed E-state index contributed by atoms with van der Waals surface area (Å²) < 4.78 is 7.94. The van der Waals surface area contributed by atoms with Crippen LogP contribution in [0.15, 0.2) is 41.2 Å². The minimum absolute atomic E-state index is 0.125. The van der Waals surface area contributed by atoms with Crippen molar-refractivity contribution >= 4 is 29.1 Å². The zero-order valence-corrected chi connectivity index (χ0v) is 11.6. The van der Waals surface area contributed by atoms with E-state index >= 15 is 0 Å². The van der Waals surface area contributed by atoms with E-state index < -0.39 is 0 Å². The molecule has 0 spiro atoms. The number of carbonyl (C=O) groups is 1. The number of ether oxygens (including phenoxy) is 1. The Balaban J connectivity index is 2.41. The van der Waals surface area contributed by atoms with Crippen LogP contribution in [0.2, 0.25) is 0 Å². The van der Waals surface area contributed by atoms with Gasteiger partial charge in [-0.3, -0.25) is 13.9 Å². The lowest BCUT2D eigenvalue weighted by Gasteiger charge is -2.01. The molecule has 6 heteroatoms. The maximum absolute atomic E-state index is 12.4. The SMILES string of the molecule is O=COCCn1c(=O)n(C/C=C/CCl)c2ccccc21. The molecule has 0 aliphatic heterocycles. The van der Waals surface area contributed by atoms with Crippen molar-refractivity contribution in [3.8, 4) is 0 Å². The largest absolute Gasteiger partial charge is 0.466 e. The zero-order valence-electron chi connectivity index (χ0n) is 10.9. The number of rotatable bonds is 7. The van der Waals surface area contributed by atoms with E-state index in [1.807, 2.05) is 30.3 Å². The first-order valence-corrected chi connectivity index (χ1v) is 6.77. The molecule has 0 saturated heterocycles. The predicted octanol–water partition coefficient (Wildman–Crippen LogP) is 1.77. The summed E-state index contributed by atoms with van der Waals surface area (Å²) >= 11 is 5.59. The summed E-state index contributed by atoms with van der Waals surface area (Å²) in [6, 6.07) is 7.52. The molecule has 0 aliphatic carbocycles. The Morgan fingerprint density at radius 2 is 1.85 bits per heavy atom. The number of hydrogen-bond donors (Lipinski definition) is 0. The van der Waals surface area contributed by atoms with Gasteiger partial charge < -0.3 is 4.74 Å². The molecule has 106 valence electrons. The molecule has 0 unspecified atom stereocenters. The summed E-state index contributed by atoms with van der Waals surface area (Å²) in [4.78, 5) is 22.6. The monoisotopic (exact) mass is 294 g/mol. The highest BCUT2D eigenvalue weighted by atomic mass is 35.5. The molecule has 0 N–H and O–H groups in total. The average Bonchev–Trinajstić information content (AvgIpc) is 2.73. The number of nitrogens with zero attached hydrogens (tertiary/aromatic N) is 2. The fourth-order valence-corrected chi connectivity index (χ4v) is 2.23. The molecule has 2 rings (SSSR count). The highest BCUT2D eigenvalue weighted by Crippen LogP contribution is 2.12. The number of benzene rings is 1. The maximum Gasteiger partial charge on any atom is 0.329 e. The van der Waals surface area contributed by atoms with E-state index in [1.165, 1.54) is 0 Å². The number of carbonyl (C=O) groups excluding carboxylic acids is 1. The van der Waals surface area contributed by atoms with E-state index in [0.717, 1.165) is 11.0 Å². The van der Waals surface area contributed by atoms with Crippen molar-refractivity contribution in [1.82, 2.24) is 9.13 Å². The Kier molecular flexibility index (Phi) is 5.01. The molecule has 0 bridgehead atoms. The van der Waals surface area contributed by atoms with Crippen LogP contribution >= 0.6 is 11.6 Å². The third kappa shape index (κ3) is 2.93. The second-order valence-corrected chi connectivity index (χ2v) is 4.43. The molecule has 1 aromatic carbocycles. The molecular weight excluding hydrogens is 280 g/mol. The number of para-hydroxylation sites is 2. The third-order valence-electron chi connectivity index (χ3n) is 2.97. The van der Waals surface area contributed by atoms with E-state index in [9.17, 15) is 9.59 Å². The first-order valence-electron chi connectivity index (χ1n) is 6.24. The van der Waals surface area contributed by atoms with Gasteiger partial charge in [0.25, 0.3) is 6.47 Å². The molecule has 1 aromatic heterocycles. The van der Waals surface area contributed by atoms with E-state index in [-0.39, 0.29) is 12.3 Å². The van der Waals surface area contributed by atoms with E-state index in [1.54, 1.807) is 15.2 Å². The maximum atomic E-state index is 12.4. The minimum Gasteiger partial charge on any atom is -0.466 e. The first kappa shape index (κ1) is 14.4. The molecule has 20 heavy (non-hydrogen) atoms. The van der Waals surface area contributed by atoms with Gasteiger partial charge in [-0.05, 0) is 12.1 Å². The van der Waals surface area contributed by atoms with Crippen LogP contribution in [0.1, 0.15) is 0 Å². The summed E-state index contributed by atoms with van der Waals surface area (Å²) in [5.74, 6) is 0.417. The van der Waals surface area contributed by atoms with E-state index in [2.05, 4.69) is 4.74 Å². The van der Waals surface area contributed by atoms with Crippen molar-refractivity contribution in [2.45, 2.75) is 13.1 Å². The van der Waals surface area contributed by atoms with Crippen LogP contribution in [0.4, 0.5) is 0 Å². The van der Waals surface area contributed by atoms with Crippen LogP contribution in [0.3, 0.4) is 0 Å². The Morgan fingerprint density at radius 3 is 2.50 bits per heavy atom. The number of hydrogen-bond acceptors (Lipinski definition) is 3. The normalized spacial score (nSPS) is 11.2. The summed E-state index contributed by atoms with van der Waals surface area (Å²) in [5, 5.41) is 0. The highest BCUT2D eigenvalue weighted by Gasteiger charge is 2.11. The molecule has 1 heterocycles. The number of halogens is 1. The Labute approximate surface area is 121 Å². The van der Waals surface area contributed by atoms with Crippen LogP contribution in [0, 0.1) is 0 Å². The van der Waals surface area contributed by atoms with Crippen molar-refractivity contribution in [3.63, 3.8) is 0 Å². The van der Waals surface area contributed by atoms with E-state index in [4.69, 9.17) is 11.6 Å². The highest BCUT2D eigenvalue weighted by molar-refractivity contribution is 6.18. The van der Waals surface area contributed by atoms with Gasteiger partial charge in [0.1, 0.15) is 6.61 Å². The molecule has 2 aromatic rings. The zero-order chi connectivity index (χ0) is 14.4. The Bertz CT molecular complexity index is 673. The summed E-state index contributed by atoms with van der Waals surface area (Å²) in [6.45, 7) is 1.36. The molecule has 0 aliphatic rings. The second-order valence-electron chi connectivity index (χ2n) is 4.13. The van der Waals surface area contributed by atoms with Gasteiger partial charge in [-0.2, -0.15) is 0 Å². The topological polar surface area (TPSA) is 53.2 Å². The molecule has 5 nitrogen and oxygen atoms in total. The first-order chi connectivity index (χ1) is 9.79. The van der Waals surface area contributed by atoms with Crippen molar-refractivity contribution in [1.29, 1.82) is 0 Å². The molecule has 0 fully saturated rings. The summed E-state index contributed by atoms with van der Waals surface area (Å²) in [5.41, 5.74) is 1.55. The van der Waals surface area contributed by atoms with Gasteiger partial charge in [0.05, 0.1) is 17.6 Å². The van der Waals surface area contributed by atoms with Crippen LogP contribution in [0.5, 0.6) is 0 Å². The van der Waals surface area contributed by atoms with Gasteiger partial charge >= 0.3 is 5.69 Å². The fourth-order valence-electron chi connectivity index (χ4n) is 2.10. The number of alkyl halides is 1. The number of aromatic nitrogens is 2. The lowest BCUT2D eigenvalue weighted by Crippen LogP contribution is -2.25.